The molecule has 0 amide bonds. The lowest BCUT2D eigenvalue weighted by Gasteiger charge is -2.16. The topological polar surface area (TPSA) is 72.5 Å². The van der Waals surface area contributed by atoms with E-state index in [0.717, 1.165) is 11.1 Å². The van der Waals surface area contributed by atoms with Gasteiger partial charge in [-0.1, -0.05) is 11.6 Å². The Hall–Kier alpha value is -1.26. The van der Waals surface area contributed by atoms with Gasteiger partial charge >= 0.3 is 5.97 Å². The van der Waals surface area contributed by atoms with Gasteiger partial charge < -0.3 is 15.6 Å². The van der Waals surface area contributed by atoms with Crippen LogP contribution >= 0.6 is 11.6 Å². The smallest absolute Gasteiger partial charge is 0.306 e. The van der Waals surface area contributed by atoms with Crippen LogP contribution in [0.5, 0.6) is 5.75 Å². The van der Waals surface area contributed by atoms with Crippen LogP contribution in [-0.2, 0) is 4.79 Å². The van der Waals surface area contributed by atoms with Crippen LogP contribution in [0.1, 0.15) is 23.6 Å². The van der Waals surface area contributed by atoms with Crippen molar-refractivity contribution in [2.24, 2.45) is 17.6 Å². The summed E-state index contributed by atoms with van der Waals surface area (Å²) in [6.45, 7) is 1.92. The van der Waals surface area contributed by atoms with Crippen molar-refractivity contribution < 1.29 is 14.6 Å². The lowest BCUT2D eigenvalue weighted by Crippen LogP contribution is -2.17. The fraction of sp³-hybridized carbons (Fsp3) is 0.462. The Morgan fingerprint density at radius 1 is 1.61 bits per heavy atom. The monoisotopic (exact) mass is 269 g/mol. The largest absolute Gasteiger partial charge is 0.495 e. The highest BCUT2D eigenvalue weighted by atomic mass is 35.5. The van der Waals surface area contributed by atoms with Crippen LogP contribution < -0.4 is 10.5 Å². The normalized spacial score (nSPS) is 23.6. The van der Waals surface area contributed by atoms with E-state index in [1.807, 2.05) is 13.0 Å². The molecule has 0 bridgehead atoms. The van der Waals surface area contributed by atoms with Gasteiger partial charge in [-0.3, -0.25) is 4.79 Å². The van der Waals surface area contributed by atoms with Gasteiger partial charge in [-0.15, -0.1) is 0 Å². The van der Waals surface area contributed by atoms with Crippen LogP contribution in [0.4, 0.5) is 0 Å². The van der Waals surface area contributed by atoms with Gasteiger partial charge in [0.1, 0.15) is 5.75 Å². The van der Waals surface area contributed by atoms with Gasteiger partial charge in [-0.05, 0) is 42.5 Å². The quantitative estimate of drug-likeness (QED) is 0.880. The molecular weight excluding hydrogens is 254 g/mol. The first kappa shape index (κ1) is 13.2. The number of carboxylic acid groups (broad SMARTS) is 1. The zero-order valence-electron chi connectivity index (χ0n) is 10.3. The molecule has 5 heteroatoms. The maximum Gasteiger partial charge on any atom is 0.306 e. The van der Waals surface area contributed by atoms with E-state index in [9.17, 15) is 4.79 Å². The molecule has 3 atom stereocenters. The number of carboxylic acids is 1. The number of benzene rings is 1. The third-order valence-electron chi connectivity index (χ3n) is 3.52. The van der Waals surface area contributed by atoms with Crippen molar-refractivity contribution in [3.05, 3.63) is 28.3 Å². The molecule has 1 aliphatic carbocycles. The van der Waals surface area contributed by atoms with Gasteiger partial charge in [0.25, 0.3) is 0 Å². The molecule has 18 heavy (non-hydrogen) atoms. The summed E-state index contributed by atoms with van der Waals surface area (Å²) in [5.41, 5.74) is 8.00. The van der Waals surface area contributed by atoms with E-state index in [1.54, 1.807) is 13.2 Å². The number of carbonyl (C=O) groups is 1. The van der Waals surface area contributed by atoms with Crippen LogP contribution in [-0.4, -0.2) is 18.2 Å². The molecule has 4 nitrogen and oxygen atoms in total. The van der Waals surface area contributed by atoms with E-state index in [4.69, 9.17) is 27.2 Å². The number of hydrogen-bond donors (Lipinski definition) is 2. The van der Waals surface area contributed by atoms with Gasteiger partial charge in [-0.2, -0.15) is 0 Å². The Morgan fingerprint density at radius 2 is 2.28 bits per heavy atom. The third kappa shape index (κ3) is 2.31. The maximum absolute atomic E-state index is 10.9. The van der Waals surface area contributed by atoms with E-state index in [2.05, 4.69) is 0 Å². The number of halogens is 1. The summed E-state index contributed by atoms with van der Waals surface area (Å²) in [6, 6.07) is 3.32. The molecule has 0 radical (unpaired) electrons. The Bertz CT molecular complexity index is 489. The molecule has 2 rings (SSSR count). The molecule has 98 valence electrons. The van der Waals surface area contributed by atoms with Crippen LogP contribution in [0.25, 0.3) is 0 Å². The average molecular weight is 270 g/mol. The number of nitrogens with two attached hydrogens (primary N) is 1. The minimum absolute atomic E-state index is 0.00524. The van der Waals surface area contributed by atoms with Crippen molar-refractivity contribution in [3.63, 3.8) is 0 Å². The molecular formula is C13H16ClNO3. The van der Waals surface area contributed by atoms with Gasteiger partial charge in [0.2, 0.25) is 0 Å². The Labute approximate surface area is 111 Å². The van der Waals surface area contributed by atoms with Crippen molar-refractivity contribution in [2.75, 3.05) is 7.11 Å². The molecule has 0 saturated heterocycles. The van der Waals surface area contributed by atoms with Crippen molar-refractivity contribution >= 4 is 17.6 Å². The number of aryl methyl sites for hydroxylation is 1. The van der Waals surface area contributed by atoms with Crippen LogP contribution in [0, 0.1) is 18.8 Å². The fourth-order valence-corrected chi connectivity index (χ4v) is 2.56. The predicted molar refractivity (Wildman–Crippen MR) is 68.9 cm³/mol. The summed E-state index contributed by atoms with van der Waals surface area (Å²) in [5.74, 6) is -0.477. The standard InChI is InChI=1S/C13H16ClNO3/c1-6-3-11(18-2)10(14)5-7(6)12(15)8-4-9(8)13(16)17/h3,5,8-9,12H,4,15H2,1-2H3,(H,16,17). The molecule has 0 heterocycles. The van der Waals surface area contributed by atoms with E-state index < -0.39 is 5.97 Å². The zero-order chi connectivity index (χ0) is 13.4. The molecule has 0 aromatic heterocycles. The minimum Gasteiger partial charge on any atom is -0.495 e. The summed E-state index contributed by atoms with van der Waals surface area (Å²) in [6.07, 6.45) is 0.638. The summed E-state index contributed by atoms with van der Waals surface area (Å²) in [5, 5.41) is 9.42. The minimum atomic E-state index is -0.771. The molecule has 1 fully saturated rings. The fourth-order valence-electron chi connectivity index (χ4n) is 2.31. The second-order valence-electron chi connectivity index (χ2n) is 4.71. The zero-order valence-corrected chi connectivity index (χ0v) is 11.1. The third-order valence-corrected chi connectivity index (χ3v) is 3.81. The number of aliphatic carboxylic acids is 1. The number of methoxy groups -OCH3 is 1. The van der Waals surface area contributed by atoms with Crippen molar-refractivity contribution in [1.29, 1.82) is 0 Å². The van der Waals surface area contributed by atoms with Crippen LogP contribution in [0.15, 0.2) is 12.1 Å². The first-order chi connectivity index (χ1) is 8.45. The SMILES string of the molecule is COc1cc(C)c(C(N)C2CC2C(=O)O)cc1Cl. The first-order valence-electron chi connectivity index (χ1n) is 5.78. The molecule has 3 unspecified atom stereocenters. The molecule has 1 aromatic rings. The summed E-state index contributed by atoms with van der Waals surface area (Å²) < 4.78 is 5.13. The second kappa shape index (κ2) is 4.78. The predicted octanol–water partition coefficient (Wildman–Crippen LogP) is 2.38. The summed E-state index contributed by atoms with van der Waals surface area (Å²) >= 11 is 6.07. The average Bonchev–Trinajstić information content (AvgIpc) is 3.10. The summed E-state index contributed by atoms with van der Waals surface area (Å²) in [4.78, 5) is 10.9. The lowest BCUT2D eigenvalue weighted by molar-refractivity contribution is -0.138. The highest BCUT2D eigenvalue weighted by Crippen LogP contribution is 2.47. The molecule has 1 aromatic carbocycles. The van der Waals surface area contributed by atoms with E-state index in [0.29, 0.717) is 17.2 Å². The van der Waals surface area contributed by atoms with Crippen molar-refractivity contribution in [3.8, 4) is 5.75 Å². The Balaban J connectivity index is 2.24. The van der Waals surface area contributed by atoms with Gasteiger partial charge in [0.15, 0.2) is 0 Å². The highest BCUT2D eigenvalue weighted by Gasteiger charge is 2.47. The number of rotatable bonds is 4. The molecule has 0 spiro atoms. The molecule has 3 N–H and O–H groups in total. The van der Waals surface area contributed by atoms with Gasteiger partial charge in [-0.25, -0.2) is 0 Å². The molecule has 1 aliphatic rings. The molecule has 0 aliphatic heterocycles. The van der Waals surface area contributed by atoms with E-state index >= 15 is 0 Å². The Morgan fingerprint density at radius 3 is 2.78 bits per heavy atom. The van der Waals surface area contributed by atoms with Gasteiger partial charge in [0.05, 0.1) is 18.1 Å². The van der Waals surface area contributed by atoms with Gasteiger partial charge in [0, 0.05) is 6.04 Å². The van der Waals surface area contributed by atoms with E-state index in [-0.39, 0.29) is 17.9 Å². The summed E-state index contributed by atoms with van der Waals surface area (Å²) in [7, 11) is 1.56. The number of hydrogen-bond acceptors (Lipinski definition) is 3. The van der Waals surface area contributed by atoms with Crippen molar-refractivity contribution in [1.82, 2.24) is 0 Å². The second-order valence-corrected chi connectivity index (χ2v) is 5.12. The van der Waals surface area contributed by atoms with Crippen LogP contribution in [0.3, 0.4) is 0 Å². The maximum atomic E-state index is 10.9. The lowest BCUT2D eigenvalue weighted by atomic mass is 9.97. The van der Waals surface area contributed by atoms with Crippen molar-refractivity contribution in [2.45, 2.75) is 19.4 Å². The van der Waals surface area contributed by atoms with Crippen LogP contribution in [0.2, 0.25) is 5.02 Å². The molecule has 1 saturated carbocycles. The highest BCUT2D eigenvalue weighted by molar-refractivity contribution is 6.32. The first-order valence-corrected chi connectivity index (χ1v) is 6.16. The number of ether oxygens (including phenoxy) is 1. The Kier molecular flexibility index (Phi) is 3.50. The van der Waals surface area contributed by atoms with E-state index in [1.165, 1.54) is 0 Å².